The number of nitrogens with zero attached hydrogens (tertiary/aromatic N) is 3. The first-order chi connectivity index (χ1) is 17.1. The Morgan fingerprint density at radius 3 is 2.56 bits per heavy atom. The maximum Gasteiger partial charge on any atom is 0.311 e. The molecule has 3 amide bonds. The van der Waals surface area contributed by atoms with Gasteiger partial charge in [0.25, 0.3) is 0 Å². The van der Waals surface area contributed by atoms with E-state index in [1.54, 1.807) is 6.92 Å². The summed E-state index contributed by atoms with van der Waals surface area (Å²) < 4.78 is 5.21. The molecule has 10 nitrogen and oxygen atoms in total. The number of carbonyl (C=O) groups is 3. The summed E-state index contributed by atoms with van der Waals surface area (Å²) in [6.07, 6.45) is 1.54. The predicted octanol–water partition coefficient (Wildman–Crippen LogP) is 2.96. The van der Waals surface area contributed by atoms with Crippen molar-refractivity contribution in [2.45, 2.75) is 45.2 Å². The molecule has 36 heavy (non-hydrogen) atoms. The number of hydrogen-bond acceptors (Lipinski definition) is 7. The number of amides is 3. The molecule has 0 unspecified atom stereocenters. The number of carbonyl (C=O) groups excluding carboxylic acids is 3. The number of nitro groups is 1. The smallest absolute Gasteiger partial charge is 0.311 e. The van der Waals surface area contributed by atoms with Crippen LogP contribution in [0.3, 0.4) is 0 Å². The van der Waals surface area contributed by atoms with Crippen LogP contribution in [-0.2, 0) is 19.9 Å². The van der Waals surface area contributed by atoms with Crippen LogP contribution in [0.2, 0.25) is 0 Å². The second kappa shape index (κ2) is 7.36. The summed E-state index contributed by atoms with van der Waals surface area (Å²) in [5.41, 5.74) is 2.59. The van der Waals surface area contributed by atoms with Crippen molar-refractivity contribution in [1.82, 2.24) is 4.90 Å². The van der Waals surface area contributed by atoms with Gasteiger partial charge in [0.2, 0.25) is 17.7 Å². The van der Waals surface area contributed by atoms with Crippen LogP contribution in [0.5, 0.6) is 5.75 Å². The van der Waals surface area contributed by atoms with Gasteiger partial charge in [-0.2, -0.15) is 0 Å². The van der Waals surface area contributed by atoms with Crippen molar-refractivity contribution in [1.29, 1.82) is 0 Å². The average Bonchev–Trinajstić information content (AvgIpc) is 3.55. The van der Waals surface area contributed by atoms with Gasteiger partial charge in [0, 0.05) is 29.4 Å². The lowest BCUT2D eigenvalue weighted by Crippen LogP contribution is -2.54. The molecule has 0 aromatic heterocycles. The van der Waals surface area contributed by atoms with Gasteiger partial charge >= 0.3 is 5.69 Å². The third-order valence-corrected chi connectivity index (χ3v) is 8.63. The molecule has 1 N–H and O–H groups in total. The van der Waals surface area contributed by atoms with Crippen LogP contribution < -0.4 is 15.0 Å². The van der Waals surface area contributed by atoms with E-state index in [9.17, 15) is 24.5 Å². The Bertz CT molecular complexity index is 1400. The molecule has 0 saturated carbocycles. The highest BCUT2D eigenvalue weighted by Crippen LogP contribution is 2.61. The highest BCUT2D eigenvalue weighted by molar-refractivity contribution is 6.26. The van der Waals surface area contributed by atoms with Gasteiger partial charge in [-0.1, -0.05) is 12.1 Å². The van der Waals surface area contributed by atoms with Crippen molar-refractivity contribution in [2.24, 2.45) is 11.8 Å². The monoisotopic (exact) mass is 490 g/mol. The van der Waals surface area contributed by atoms with Gasteiger partial charge in [0.15, 0.2) is 5.75 Å². The Morgan fingerprint density at radius 2 is 1.86 bits per heavy atom. The highest BCUT2D eigenvalue weighted by Gasteiger charge is 2.74. The zero-order chi connectivity index (χ0) is 25.7. The van der Waals surface area contributed by atoms with E-state index in [-0.39, 0.29) is 35.0 Å². The highest BCUT2D eigenvalue weighted by atomic mass is 16.6. The molecule has 3 fully saturated rings. The first-order valence-corrected chi connectivity index (χ1v) is 12.0. The fraction of sp³-hybridized carbons (Fsp3) is 0.423. The lowest BCUT2D eigenvalue weighted by atomic mass is 9.75. The minimum Gasteiger partial charge on any atom is -0.490 e. The van der Waals surface area contributed by atoms with Gasteiger partial charge in [-0.05, 0) is 56.8 Å². The quantitative estimate of drug-likeness (QED) is 0.399. The van der Waals surface area contributed by atoms with Crippen LogP contribution in [0.15, 0.2) is 24.3 Å². The number of aryl methyl sites for hydroxylation is 2. The van der Waals surface area contributed by atoms with E-state index in [4.69, 9.17) is 4.74 Å². The average molecular weight is 491 g/mol. The Labute approximate surface area is 207 Å². The second-order valence-corrected chi connectivity index (χ2v) is 10.1. The van der Waals surface area contributed by atoms with E-state index < -0.39 is 28.2 Å². The Kier molecular flexibility index (Phi) is 4.63. The lowest BCUT2D eigenvalue weighted by molar-refractivity contribution is -0.385. The van der Waals surface area contributed by atoms with Crippen LogP contribution in [0.1, 0.15) is 35.1 Å². The molecule has 4 aliphatic rings. The summed E-state index contributed by atoms with van der Waals surface area (Å²) in [7, 11) is 1.30. The zero-order valence-corrected chi connectivity index (χ0v) is 20.5. The van der Waals surface area contributed by atoms with Gasteiger partial charge in [-0.3, -0.25) is 29.4 Å². The number of nitrogens with one attached hydrogen (secondary N) is 1. The maximum atomic E-state index is 14.2. The van der Waals surface area contributed by atoms with Crippen molar-refractivity contribution in [3.63, 3.8) is 0 Å². The minimum atomic E-state index is -1.26. The molecule has 10 heteroatoms. The normalized spacial score (nSPS) is 28.5. The number of rotatable bonds is 3. The topological polar surface area (TPSA) is 122 Å². The van der Waals surface area contributed by atoms with Crippen LogP contribution >= 0.6 is 0 Å². The van der Waals surface area contributed by atoms with Crippen LogP contribution in [0.4, 0.5) is 17.1 Å². The first-order valence-electron chi connectivity index (χ1n) is 12.0. The Hall–Kier alpha value is -3.79. The van der Waals surface area contributed by atoms with Gasteiger partial charge in [0.1, 0.15) is 5.54 Å². The van der Waals surface area contributed by atoms with E-state index in [1.165, 1.54) is 19.2 Å². The molecule has 186 valence electrons. The van der Waals surface area contributed by atoms with Crippen molar-refractivity contribution < 1.29 is 24.0 Å². The third-order valence-electron chi connectivity index (χ3n) is 8.63. The van der Waals surface area contributed by atoms with Crippen LogP contribution in [-0.4, -0.2) is 47.2 Å². The number of anilines is 2. The van der Waals surface area contributed by atoms with Gasteiger partial charge in [-0.25, -0.2) is 4.90 Å². The van der Waals surface area contributed by atoms with Crippen molar-refractivity contribution in [3.05, 3.63) is 56.6 Å². The molecule has 4 atom stereocenters. The zero-order valence-electron chi connectivity index (χ0n) is 20.5. The fourth-order valence-electron chi connectivity index (χ4n) is 6.97. The molecule has 0 radical (unpaired) electrons. The van der Waals surface area contributed by atoms with E-state index in [0.717, 1.165) is 33.7 Å². The van der Waals surface area contributed by atoms with Gasteiger partial charge in [-0.15, -0.1) is 0 Å². The van der Waals surface area contributed by atoms with Crippen molar-refractivity contribution >= 4 is 34.8 Å². The van der Waals surface area contributed by atoms with E-state index >= 15 is 0 Å². The molecule has 4 aliphatic heterocycles. The number of methoxy groups -OCH3 is 1. The third kappa shape index (κ3) is 2.52. The lowest BCUT2D eigenvalue weighted by Gasteiger charge is -2.36. The predicted molar refractivity (Wildman–Crippen MR) is 130 cm³/mol. The minimum absolute atomic E-state index is 0.0366. The number of hydrogen-bond donors (Lipinski definition) is 1. The maximum absolute atomic E-state index is 14.2. The van der Waals surface area contributed by atoms with Crippen molar-refractivity contribution in [3.8, 4) is 5.75 Å². The summed E-state index contributed by atoms with van der Waals surface area (Å²) in [5, 5.41) is 14.5. The van der Waals surface area contributed by atoms with Crippen molar-refractivity contribution in [2.75, 3.05) is 23.9 Å². The fourth-order valence-corrected chi connectivity index (χ4v) is 6.97. The SMILES string of the molecule is COc1cc(N2C(=O)[C@H]3[C@@H](C2=O)[C@]2(C(=O)Nc4c2ccc(C)c4C)N2CCC[C@@H]32)c(C)cc1[N+](=O)[O-]. The van der Waals surface area contributed by atoms with E-state index in [2.05, 4.69) is 10.2 Å². The Morgan fingerprint density at radius 1 is 1.11 bits per heavy atom. The number of nitro benzene ring substituents is 1. The summed E-state index contributed by atoms with van der Waals surface area (Å²) in [6, 6.07) is 6.31. The number of fused-ring (bicyclic) bond motifs is 7. The van der Waals surface area contributed by atoms with Gasteiger partial charge < -0.3 is 10.1 Å². The molecule has 2 aromatic carbocycles. The largest absolute Gasteiger partial charge is 0.490 e. The Balaban J connectivity index is 1.54. The van der Waals surface area contributed by atoms with E-state index in [0.29, 0.717) is 18.5 Å². The van der Waals surface area contributed by atoms with Gasteiger partial charge in [0.05, 0.1) is 29.6 Å². The van der Waals surface area contributed by atoms with E-state index in [1.807, 2.05) is 26.0 Å². The molecule has 4 heterocycles. The van der Waals surface area contributed by atoms with Crippen LogP contribution in [0.25, 0.3) is 0 Å². The summed E-state index contributed by atoms with van der Waals surface area (Å²) >= 11 is 0. The van der Waals surface area contributed by atoms with Crippen LogP contribution in [0, 0.1) is 42.7 Å². The summed E-state index contributed by atoms with van der Waals surface area (Å²) in [6.45, 7) is 6.17. The number of ether oxygens (including phenoxy) is 1. The summed E-state index contributed by atoms with van der Waals surface area (Å²) in [4.78, 5) is 56.1. The molecular formula is C26H26N4O6. The molecule has 1 spiro atoms. The molecular weight excluding hydrogens is 464 g/mol. The first kappa shape index (κ1) is 22.7. The number of imide groups is 1. The molecule has 0 aliphatic carbocycles. The summed E-state index contributed by atoms with van der Waals surface area (Å²) in [5.74, 6) is -2.71. The number of benzene rings is 2. The molecule has 6 rings (SSSR count). The second-order valence-electron chi connectivity index (χ2n) is 10.1. The molecule has 0 bridgehead atoms. The molecule has 3 saturated heterocycles. The molecule has 2 aromatic rings. The standard InChI is InChI=1S/C26H26N4O6/c1-12-7-8-15-22(14(12)3)27-25(33)26(15)21-20(16-6-5-9-28(16)26)23(31)29(24(21)32)17-11-19(36-4)18(30(34)35)10-13(17)2/h7-8,10-11,16,20-21H,5-6,9H2,1-4H3,(H,27,33)/t16-,20+,21-,26+/m0/s1.